The van der Waals surface area contributed by atoms with Crippen molar-refractivity contribution in [2.75, 3.05) is 6.61 Å². The van der Waals surface area contributed by atoms with Crippen LogP contribution < -0.4 is 5.32 Å². The maximum Gasteiger partial charge on any atom is 0.341 e. The van der Waals surface area contributed by atoms with Gasteiger partial charge in [-0.25, -0.2) is 9.18 Å². The third-order valence-corrected chi connectivity index (χ3v) is 3.83. The van der Waals surface area contributed by atoms with Gasteiger partial charge in [-0.1, -0.05) is 41.9 Å². The summed E-state index contributed by atoms with van der Waals surface area (Å²) in [6.07, 6.45) is 0.321. The Labute approximate surface area is 155 Å². The van der Waals surface area contributed by atoms with Crippen LogP contribution in [0.15, 0.2) is 48.5 Å². The van der Waals surface area contributed by atoms with Gasteiger partial charge in [0.05, 0.1) is 11.6 Å². The first-order valence-corrected chi connectivity index (χ1v) is 8.20. The average Bonchev–Trinajstić information content (AvgIpc) is 2.60. The molecule has 2 aromatic carbocycles. The summed E-state index contributed by atoms with van der Waals surface area (Å²) < 4.78 is 18.4. The first-order chi connectivity index (χ1) is 12.4. The predicted molar refractivity (Wildman–Crippen MR) is 94.5 cm³/mol. The van der Waals surface area contributed by atoms with Crippen molar-refractivity contribution in [2.24, 2.45) is 0 Å². The summed E-state index contributed by atoms with van der Waals surface area (Å²) in [4.78, 5) is 35.5. The molecule has 0 saturated carbocycles. The molecule has 0 unspecified atom stereocenters. The lowest BCUT2D eigenvalue weighted by Crippen LogP contribution is -2.43. The molecule has 0 fully saturated rings. The summed E-state index contributed by atoms with van der Waals surface area (Å²) in [7, 11) is 0. The number of hydrogen-bond donors (Lipinski definition) is 1. The number of hydrogen-bond acceptors (Lipinski definition) is 4. The van der Waals surface area contributed by atoms with Crippen LogP contribution in [0.5, 0.6) is 0 Å². The monoisotopic (exact) mass is 377 g/mol. The third kappa shape index (κ3) is 5.67. The number of Topliss-reactive ketones (excluding diaryl/α,β-unsaturated/α-hetero) is 1. The number of amides is 1. The van der Waals surface area contributed by atoms with E-state index in [1.165, 1.54) is 19.1 Å². The lowest BCUT2D eigenvalue weighted by atomic mass is 10.0. The Morgan fingerprint density at radius 2 is 1.85 bits per heavy atom. The van der Waals surface area contributed by atoms with Crippen LogP contribution in [0.4, 0.5) is 4.39 Å². The Morgan fingerprint density at radius 3 is 2.46 bits per heavy atom. The van der Waals surface area contributed by atoms with Crippen molar-refractivity contribution in [3.05, 3.63) is 70.5 Å². The van der Waals surface area contributed by atoms with E-state index in [4.69, 9.17) is 16.3 Å². The molecule has 0 heterocycles. The summed E-state index contributed by atoms with van der Waals surface area (Å²) in [5.41, 5.74) is 0.558. The first-order valence-electron chi connectivity index (χ1n) is 7.82. The highest BCUT2D eigenvalue weighted by Crippen LogP contribution is 2.15. The fraction of sp³-hybridized carbons (Fsp3) is 0.211. The van der Waals surface area contributed by atoms with Gasteiger partial charge in [-0.05, 0) is 37.1 Å². The van der Waals surface area contributed by atoms with Gasteiger partial charge >= 0.3 is 5.97 Å². The van der Waals surface area contributed by atoms with Crippen molar-refractivity contribution in [3.8, 4) is 0 Å². The zero-order chi connectivity index (χ0) is 19.1. The minimum absolute atomic E-state index is 0.141. The minimum atomic E-state index is -0.989. The number of ketones is 1. The number of halogens is 2. The van der Waals surface area contributed by atoms with Gasteiger partial charge in [0.2, 0.25) is 0 Å². The number of rotatable bonds is 7. The second-order valence-corrected chi connectivity index (χ2v) is 6.06. The Morgan fingerprint density at radius 1 is 1.15 bits per heavy atom. The zero-order valence-corrected chi connectivity index (χ0v) is 14.8. The molecule has 0 saturated heterocycles. The fourth-order valence-electron chi connectivity index (χ4n) is 2.25. The molecular weight excluding hydrogens is 361 g/mol. The summed E-state index contributed by atoms with van der Waals surface area (Å²) in [6.45, 7) is 0.739. The minimum Gasteiger partial charge on any atom is -0.452 e. The number of carbonyl (C=O) groups is 3. The Bertz CT molecular complexity index is 810. The van der Waals surface area contributed by atoms with Gasteiger partial charge in [0.1, 0.15) is 5.82 Å². The van der Waals surface area contributed by atoms with Crippen molar-refractivity contribution in [3.63, 3.8) is 0 Å². The van der Waals surface area contributed by atoms with Crippen LogP contribution in [0.3, 0.4) is 0 Å². The Balaban J connectivity index is 1.91. The number of benzene rings is 2. The number of nitrogens with one attached hydrogen (secondary N) is 1. The molecule has 26 heavy (non-hydrogen) atoms. The SMILES string of the molecule is CC(=O)[C@H](Cc1ccccc1)NC(=O)COC(=O)c1ccc(Cl)cc1F. The smallest absolute Gasteiger partial charge is 0.341 e. The number of esters is 1. The molecule has 1 atom stereocenters. The molecule has 136 valence electrons. The summed E-state index contributed by atoms with van der Waals surface area (Å²) >= 11 is 5.61. The van der Waals surface area contributed by atoms with Crippen molar-refractivity contribution in [2.45, 2.75) is 19.4 Å². The molecule has 7 heteroatoms. The molecule has 5 nitrogen and oxygen atoms in total. The van der Waals surface area contributed by atoms with Gasteiger partial charge in [-0.15, -0.1) is 0 Å². The molecule has 0 aliphatic carbocycles. The van der Waals surface area contributed by atoms with E-state index in [-0.39, 0.29) is 16.4 Å². The van der Waals surface area contributed by atoms with E-state index in [0.717, 1.165) is 11.6 Å². The molecule has 0 aliphatic rings. The van der Waals surface area contributed by atoms with Crippen LogP contribution >= 0.6 is 11.6 Å². The van der Waals surface area contributed by atoms with Crippen LogP contribution in [0.2, 0.25) is 5.02 Å². The lowest BCUT2D eigenvalue weighted by Gasteiger charge is -2.16. The van der Waals surface area contributed by atoms with Gasteiger partial charge in [0, 0.05) is 5.02 Å². The van der Waals surface area contributed by atoms with Crippen LogP contribution in [-0.4, -0.2) is 30.3 Å². The largest absolute Gasteiger partial charge is 0.452 e. The van der Waals surface area contributed by atoms with Crippen LogP contribution in [0.25, 0.3) is 0 Å². The van der Waals surface area contributed by atoms with Crippen molar-refractivity contribution in [1.29, 1.82) is 0 Å². The number of ether oxygens (including phenoxy) is 1. The van der Waals surface area contributed by atoms with E-state index in [9.17, 15) is 18.8 Å². The Kier molecular flexibility index (Phi) is 6.86. The summed E-state index contributed by atoms with van der Waals surface area (Å²) in [6, 6.07) is 11.9. The maximum absolute atomic E-state index is 13.7. The molecule has 0 aliphatic heterocycles. The number of carbonyl (C=O) groups excluding carboxylic acids is 3. The van der Waals surface area contributed by atoms with Crippen molar-refractivity contribution < 1.29 is 23.5 Å². The molecule has 0 bridgehead atoms. The second-order valence-electron chi connectivity index (χ2n) is 5.62. The van der Waals surface area contributed by atoms with Gasteiger partial charge < -0.3 is 10.1 Å². The van der Waals surface area contributed by atoms with Gasteiger partial charge in [0.15, 0.2) is 12.4 Å². The highest BCUT2D eigenvalue weighted by molar-refractivity contribution is 6.30. The van der Waals surface area contributed by atoms with E-state index in [2.05, 4.69) is 5.32 Å². The van der Waals surface area contributed by atoms with Gasteiger partial charge in [-0.3, -0.25) is 9.59 Å². The summed E-state index contributed by atoms with van der Waals surface area (Å²) in [5.74, 6) is -2.70. The van der Waals surface area contributed by atoms with E-state index >= 15 is 0 Å². The second kappa shape index (κ2) is 9.10. The van der Waals surface area contributed by atoms with Gasteiger partial charge in [0.25, 0.3) is 5.91 Å². The first kappa shape index (κ1) is 19.6. The zero-order valence-electron chi connectivity index (χ0n) is 14.0. The maximum atomic E-state index is 13.7. The lowest BCUT2D eigenvalue weighted by molar-refractivity contribution is -0.128. The van der Waals surface area contributed by atoms with Crippen LogP contribution in [0, 0.1) is 5.82 Å². The van der Waals surface area contributed by atoms with Crippen molar-refractivity contribution in [1.82, 2.24) is 5.32 Å². The quantitative estimate of drug-likeness (QED) is 0.753. The van der Waals surface area contributed by atoms with Crippen LogP contribution in [0.1, 0.15) is 22.8 Å². The molecule has 1 amide bonds. The summed E-state index contributed by atoms with van der Waals surface area (Å²) in [5, 5.41) is 2.66. The molecule has 0 spiro atoms. The molecule has 0 radical (unpaired) electrons. The van der Waals surface area contributed by atoms with Crippen LogP contribution in [-0.2, 0) is 20.7 Å². The van der Waals surface area contributed by atoms with Crippen molar-refractivity contribution >= 4 is 29.3 Å². The molecule has 1 N–H and O–H groups in total. The topological polar surface area (TPSA) is 72.5 Å². The van der Waals surface area contributed by atoms with E-state index < -0.39 is 30.3 Å². The standard InChI is InChI=1S/C19H17ClFNO4/c1-12(23)17(9-13-5-3-2-4-6-13)22-18(24)11-26-19(25)15-8-7-14(20)10-16(15)21/h2-8,10,17H,9,11H2,1H3,(H,22,24)/t17-/m0/s1. The Hall–Kier alpha value is -2.73. The molecule has 0 aromatic heterocycles. The average molecular weight is 378 g/mol. The predicted octanol–water partition coefficient (Wildman–Crippen LogP) is 2.95. The highest BCUT2D eigenvalue weighted by atomic mass is 35.5. The highest BCUT2D eigenvalue weighted by Gasteiger charge is 2.20. The third-order valence-electron chi connectivity index (χ3n) is 3.59. The van der Waals surface area contributed by atoms with E-state index in [1.54, 1.807) is 0 Å². The van der Waals surface area contributed by atoms with E-state index in [1.807, 2.05) is 30.3 Å². The van der Waals surface area contributed by atoms with E-state index in [0.29, 0.717) is 6.42 Å². The van der Waals surface area contributed by atoms with Gasteiger partial charge in [-0.2, -0.15) is 0 Å². The molecule has 2 aromatic rings. The molecular formula is C19H17ClFNO4. The normalized spacial score (nSPS) is 11.5. The molecule has 2 rings (SSSR count). The fourth-order valence-corrected chi connectivity index (χ4v) is 2.40.